The molecule has 0 saturated carbocycles. The second-order valence-corrected chi connectivity index (χ2v) is 7.32. The van der Waals surface area contributed by atoms with Crippen LogP contribution in [0.1, 0.15) is 24.8 Å². The van der Waals surface area contributed by atoms with Crippen LogP contribution in [0.3, 0.4) is 0 Å². The van der Waals surface area contributed by atoms with Gasteiger partial charge in [0.2, 0.25) is 0 Å². The maximum Gasteiger partial charge on any atom is 0.186 e. The van der Waals surface area contributed by atoms with E-state index in [1.807, 2.05) is 12.1 Å². The average Bonchev–Trinajstić information content (AvgIpc) is 3.04. The molecule has 5 heteroatoms. The Hall–Kier alpha value is -2.14. The standard InChI is InChI=1S/C19H21N3OS/c1-14-7-8-17-18(11-14)24-19(21-17)22-10-3-2-5-15(22)13-23-16-6-4-9-20-12-16/h4,6-9,11-12,15H,2-3,5,10,13H2,1H3. The number of pyridine rings is 1. The van der Waals surface area contributed by atoms with Crippen LogP contribution in [-0.4, -0.2) is 29.2 Å². The lowest BCUT2D eigenvalue weighted by Crippen LogP contribution is -2.43. The fourth-order valence-electron chi connectivity index (χ4n) is 3.19. The summed E-state index contributed by atoms with van der Waals surface area (Å²) in [6.45, 7) is 3.87. The molecule has 0 aliphatic carbocycles. The van der Waals surface area contributed by atoms with Gasteiger partial charge in [-0.05, 0) is 56.0 Å². The van der Waals surface area contributed by atoms with Gasteiger partial charge in [0.1, 0.15) is 12.4 Å². The first kappa shape index (κ1) is 15.4. The highest BCUT2D eigenvalue weighted by atomic mass is 32.1. The van der Waals surface area contributed by atoms with Crippen LogP contribution in [0.15, 0.2) is 42.7 Å². The number of piperidine rings is 1. The van der Waals surface area contributed by atoms with Crippen molar-refractivity contribution in [3.8, 4) is 5.75 Å². The van der Waals surface area contributed by atoms with E-state index in [4.69, 9.17) is 9.72 Å². The topological polar surface area (TPSA) is 38.2 Å². The molecule has 0 bridgehead atoms. The Morgan fingerprint density at radius 1 is 1.29 bits per heavy atom. The molecule has 4 rings (SSSR count). The van der Waals surface area contributed by atoms with Crippen molar-refractivity contribution in [2.45, 2.75) is 32.2 Å². The van der Waals surface area contributed by atoms with Gasteiger partial charge in [-0.2, -0.15) is 0 Å². The highest BCUT2D eigenvalue weighted by Gasteiger charge is 2.25. The molecule has 1 aliphatic heterocycles. The Morgan fingerprint density at radius 2 is 2.25 bits per heavy atom. The number of anilines is 1. The quantitative estimate of drug-likeness (QED) is 0.704. The smallest absolute Gasteiger partial charge is 0.186 e. The van der Waals surface area contributed by atoms with Gasteiger partial charge in [0, 0.05) is 12.7 Å². The summed E-state index contributed by atoms with van der Waals surface area (Å²) in [6, 6.07) is 10.7. The number of aryl methyl sites for hydroxylation is 1. The van der Waals surface area contributed by atoms with Gasteiger partial charge >= 0.3 is 0 Å². The molecule has 4 nitrogen and oxygen atoms in total. The maximum atomic E-state index is 5.96. The lowest BCUT2D eigenvalue weighted by atomic mass is 10.0. The zero-order chi connectivity index (χ0) is 16.4. The third-order valence-electron chi connectivity index (χ3n) is 4.48. The monoisotopic (exact) mass is 339 g/mol. The third-order valence-corrected chi connectivity index (χ3v) is 5.54. The van der Waals surface area contributed by atoms with Crippen molar-refractivity contribution < 1.29 is 4.74 Å². The average molecular weight is 339 g/mol. The zero-order valence-electron chi connectivity index (χ0n) is 13.8. The minimum Gasteiger partial charge on any atom is -0.490 e. The van der Waals surface area contributed by atoms with Gasteiger partial charge in [-0.3, -0.25) is 4.98 Å². The van der Waals surface area contributed by atoms with E-state index in [1.54, 1.807) is 23.7 Å². The van der Waals surface area contributed by atoms with Crippen molar-refractivity contribution in [3.05, 3.63) is 48.3 Å². The molecule has 24 heavy (non-hydrogen) atoms. The first-order valence-corrected chi connectivity index (χ1v) is 9.28. The third kappa shape index (κ3) is 3.22. The fraction of sp³-hybridized carbons (Fsp3) is 0.368. The molecular weight excluding hydrogens is 318 g/mol. The van der Waals surface area contributed by atoms with E-state index in [9.17, 15) is 0 Å². The number of hydrogen-bond donors (Lipinski definition) is 0. The number of aromatic nitrogens is 2. The Balaban J connectivity index is 1.54. The number of hydrogen-bond acceptors (Lipinski definition) is 5. The number of nitrogens with zero attached hydrogens (tertiary/aromatic N) is 3. The van der Waals surface area contributed by atoms with Gasteiger partial charge in [0.05, 0.1) is 22.5 Å². The van der Waals surface area contributed by atoms with Gasteiger partial charge in [0.15, 0.2) is 5.13 Å². The van der Waals surface area contributed by atoms with E-state index >= 15 is 0 Å². The molecule has 124 valence electrons. The number of ether oxygens (including phenoxy) is 1. The molecule has 1 saturated heterocycles. The second-order valence-electron chi connectivity index (χ2n) is 6.31. The molecule has 1 atom stereocenters. The SMILES string of the molecule is Cc1ccc2nc(N3CCCCC3COc3cccnc3)sc2c1. The largest absolute Gasteiger partial charge is 0.490 e. The minimum atomic E-state index is 0.376. The number of thiazole rings is 1. The van der Waals surface area contributed by atoms with Crippen LogP contribution in [0.25, 0.3) is 10.2 Å². The van der Waals surface area contributed by atoms with Gasteiger partial charge in [-0.1, -0.05) is 17.4 Å². The van der Waals surface area contributed by atoms with Crippen LogP contribution in [-0.2, 0) is 0 Å². The van der Waals surface area contributed by atoms with Gasteiger partial charge in [-0.25, -0.2) is 4.98 Å². The highest BCUT2D eigenvalue weighted by molar-refractivity contribution is 7.22. The molecule has 0 radical (unpaired) electrons. The zero-order valence-corrected chi connectivity index (χ0v) is 14.6. The van der Waals surface area contributed by atoms with Crippen molar-refractivity contribution in [2.75, 3.05) is 18.1 Å². The lowest BCUT2D eigenvalue weighted by molar-refractivity contribution is 0.259. The maximum absolute atomic E-state index is 5.96. The molecule has 1 aliphatic rings. The number of fused-ring (bicyclic) bond motifs is 1. The van der Waals surface area contributed by atoms with Gasteiger partial charge in [0.25, 0.3) is 0 Å². The van der Waals surface area contributed by atoms with Crippen molar-refractivity contribution >= 4 is 26.7 Å². The first-order chi connectivity index (χ1) is 11.8. The van der Waals surface area contributed by atoms with Gasteiger partial charge < -0.3 is 9.64 Å². The molecule has 2 aromatic heterocycles. The van der Waals surface area contributed by atoms with E-state index in [2.05, 4.69) is 35.0 Å². The van der Waals surface area contributed by atoms with Crippen molar-refractivity contribution in [1.82, 2.24) is 9.97 Å². The summed E-state index contributed by atoms with van der Waals surface area (Å²) in [5, 5.41) is 1.12. The van der Waals surface area contributed by atoms with Crippen LogP contribution in [0.4, 0.5) is 5.13 Å². The predicted molar refractivity (Wildman–Crippen MR) is 99.1 cm³/mol. The van der Waals surface area contributed by atoms with E-state index < -0.39 is 0 Å². The minimum absolute atomic E-state index is 0.376. The first-order valence-electron chi connectivity index (χ1n) is 8.46. The fourth-order valence-corrected chi connectivity index (χ4v) is 4.35. The molecule has 0 N–H and O–H groups in total. The van der Waals surface area contributed by atoms with E-state index in [0.717, 1.165) is 29.4 Å². The Morgan fingerprint density at radius 3 is 3.12 bits per heavy atom. The molecule has 1 aromatic carbocycles. The van der Waals surface area contributed by atoms with Crippen LogP contribution in [0.2, 0.25) is 0 Å². The van der Waals surface area contributed by atoms with E-state index in [1.165, 1.54) is 23.1 Å². The lowest BCUT2D eigenvalue weighted by Gasteiger charge is -2.35. The van der Waals surface area contributed by atoms with Crippen LogP contribution in [0.5, 0.6) is 5.75 Å². The predicted octanol–water partition coefficient (Wildman–Crippen LogP) is 4.44. The highest BCUT2D eigenvalue weighted by Crippen LogP contribution is 2.33. The van der Waals surface area contributed by atoms with E-state index in [-0.39, 0.29) is 0 Å². The molecule has 0 spiro atoms. The van der Waals surface area contributed by atoms with Crippen LogP contribution < -0.4 is 9.64 Å². The van der Waals surface area contributed by atoms with Crippen LogP contribution >= 0.6 is 11.3 Å². The molecule has 3 heterocycles. The van der Waals surface area contributed by atoms with Crippen LogP contribution in [0, 0.1) is 6.92 Å². The Labute approximate surface area is 146 Å². The molecule has 0 amide bonds. The molecule has 3 aromatic rings. The summed E-state index contributed by atoms with van der Waals surface area (Å²) < 4.78 is 7.23. The molecular formula is C19H21N3OS. The number of benzene rings is 1. The van der Waals surface area contributed by atoms with Crippen molar-refractivity contribution in [1.29, 1.82) is 0 Å². The second kappa shape index (κ2) is 6.77. The molecule has 1 fully saturated rings. The summed E-state index contributed by atoms with van der Waals surface area (Å²) in [5.74, 6) is 0.836. The summed E-state index contributed by atoms with van der Waals surface area (Å²) in [6.07, 6.45) is 7.16. The Kier molecular flexibility index (Phi) is 4.34. The van der Waals surface area contributed by atoms with Crippen molar-refractivity contribution in [3.63, 3.8) is 0 Å². The van der Waals surface area contributed by atoms with Crippen molar-refractivity contribution in [2.24, 2.45) is 0 Å². The van der Waals surface area contributed by atoms with E-state index in [0.29, 0.717) is 12.6 Å². The summed E-state index contributed by atoms with van der Waals surface area (Å²) >= 11 is 1.79. The summed E-state index contributed by atoms with van der Waals surface area (Å²) in [5.41, 5.74) is 2.38. The normalized spacial score (nSPS) is 18.0. The number of rotatable bonds is 4. The van der Waals surface area contributed by atoms with Gasteiger partial charge in [-0.15, -0.1) is 0 Å². The summed E-state index contributed by atoms with van der Waals surface area (Å²) in [7, 11) is 0. The Bertz CT molecular complexity index is 818. The molecule has 1 unspecified atom stereocenters. The summed E-state index contributed by atoms with van der Waals surface area (Å²) in [4.78, 5) is 11.4.